The van der Waals surface area contributed by atoms with E-state index in [4.69, 9.17) is 9.47 Å². The number of ketones is 1. The Balaban J connectivity index is 1.70. The van der Waals surface area contributed by atoms with E-state index >= 15 is 0 Å². The lowest BCUT2D eigenvalue weighted by molar-refractivity contribution is -0.175. The summed E-state index contributed by atoms with van der Waals surface area (Å²) in [5.74, 6) is 0.801. The summed E-state index contributed by atoms with van der Waals surface area (Å²) in [5.41, 5.74) is 1.27. The Morgan fingerprint density at radius 3 is 2.86 bits per heavy atom. The Bertz CT molecular complexity index is 637. The lowest BCUT2D eigenvalue weighted by atomic mass is 9.66. The number of Topliss-reactive ketones (excluding diaryl/α,β-unsaturated/α-hetero) is 1. The molecule has 7 atom stereocenters. The zero-order valence-electron chi connectivity index (χ0n) is 17.3. The molecule has 0 radical (unpaired) electrons. The van der Waals surface area contributed by atoms with Gasteiger partial charge in [-0.3, -0.25) is 9.59 Å². The van der Waals surface area contributed by atoms with Crippen molar-refractivity contribution >= 4 is 11.8 Å². The summed E-state index contributed by atoms with van der Waals surface area (Å²) in [4.78, 5) is 24.2. The summed E-state index contributed by atoms with van der Waals surface area (Å²) in [5, 5.41) is 9.72. The van der Waals surface area contributed by atoms with Gasteiger partial charge in [0.25, 0.3) is 0 Å². The van der Waals surface area contributed by atoms with Gasteiger partial charge in [0.1, 0.15) is 11.9 Å². The molecule has 2 aliphatic carbocycles. The lowest BCUT2D eigenvalue weighted by Gasteiger charge is -2.42. The smallest absolute Gasteiger partial charge is 0.308 e. The quantitative estimate of drug-likeness (QED) is 0.695. The van der Waals surface area contributed by atoms with Crippen LogP contribution in [0.15, 0.2) is 23.8 Å². The summed E-state index contributed by atoms with van der Waals surface area (Å²) in [6.45, 7) is 6.14. The minimum Gasteiger partial charge on any atom is -0.461 e. The molecule has 0 spiro atoms. The molecule has 0 bridgehead atoms. The fourth-order valence-electron chi connectivity index (χ4n) is 4.78. The van der Waals surface area contributed by atoms with E-state index in [1.54, 1.807) is 0 Å². The summed E-state index contributed by atoms with van der Waals surface area (Å²) in [6, 6.07) is 0. The molecule has 156 valence electrons. The Hall–Kier alpha value is -1.46. The fraction of sp³-hybridized carbons (Fsp3) is 0.739. The molecule has 1 aliphatic heterocycles. The number of hydrogen-bond acceptors (Lipinski definition) is 5. The van der Waals surface area contributed by atoms with Crippen molar-refractivity contribution in [3.8, 4) is 0 Å². The second-order valence-electron chi connectivity index (χ2n) is 8.71. The molecule has 5 nitrogen and oxygen atoms in total. The average Bonchev–Trinajstić information content (AvgIpc) is 2.66. The number of carbonyl (C=O) groups excluding carboxylic acids is 2. The van der Waals surface area contributed by atoms with E-state index in [0.29, 0.717) is 18.3 Å². The molecule has 0 unspecified atom stereocenters. The van der Waals surface area contributed by atoms with Gasteiger partial charge in [0.05, 0.1) is 18.4 Å². The molecule has 1 N–H and O–H groups in total. The monoisotopic (exact) mass is 390 g/mol. The number of aliphatic hydroxyl groups excluding tert-OH is 1. The average molecular weight is 391 g/mol. The number of allylic oxidation sites excluding steroid dienone is 3. The highest BCUT2D eigenvalue weighted by atomic mass is 16.6. The van der Waals surface area contributed by atoms with E-state index in [-0.39, 0.29) is 42.2 Å². The van der Waals surface area contributed by atoms with Gasteiger partial charge in [0, 0.05) is 12.3 Å². The Morgan fingerprint density at radius 1 is 1.36 bits per heavy atom. The molecule has 1 saturated heterocycles. The van der Waals surface area contributed by atoms with Crippen LogP contribution in [0.5, 0.6) is 0 Å². The fourth-order valence-corrected chi connectivity index (χ4v) is 4.78. The maximum absolute atomic E-state index is 12.4. The number of hydrogen-bond donors (Lipinski definition) is 1. The van der Waals surface area contributed by atoms with Crippen molar-refractivity contribution in [3.05, 3.63) is 23.8 Å². The third-order valence-corrected chi connectivity index (χ3v) is 6.66. The van der Waals surface area contributed by atoms with E-state index in [2.05, 4.69) is 25.2 Å². The normalized spacial score (nSPS) is 36.4. The molecule has 0 saturated carbocycles. The molecular formula is C23H34O5. The van der Waals surface area contributed by atoms with Crippen LogP contribution in [0, 0.1) is 23.7 Å². The number of aliphatic hydroxyl groups is 1. The van der Waals surface area contributed by atoms with Crippen molar-refractivity contribution in [2.24, 2.45) is 23.7 Å². The van der Waals surface area contributed by atoms with Crippen LogP contribution in [0.2, 0.25) is 0 Å². The van der Waals surface area contributed by atoms with Crippen molar-refractivity contribution in [1.29, 1.82) is 0 Å². The molecule has 1 fully saturated rings. The molecule has 0 aromatic heterocycles. The summed E-state index contributed by atoms with van der Waals surface area (Å²) in [7, 11) is 0. The van der Waals surface area contributed by atoms with Crippen LogP contribution in [-0.4, -0.2) is 35.4 Å². The largest absolute Gasteiger partial charge is 0.461 e. The van der Waals surface area contributed by atoms with Crippen molar-refractivity contribution < 1.29 is 24.2 Å². The summed E-state index contributed by atoms with van der Waals surface area (Å²) < 4.78 is 11.6. The highest BCUT2D eigenvalue weighted by molar-refractivity contribution is 5.79. The minimum atomic E-state index is -0.968. The second-order valence-corrected chi connectivity index (χ2v) is 8.71. The molecule has 28 heavy (non-hydrogen) atoms. The van der Waals surface area contributed by atoms with Gasteiger partial charge >= 0.3 is 5.97 Å². The zero-order valence-corrected chi connectivity index (χ0v) is 17.3. The Labute approximate surface area is 168 Å². The van der Waals surface area contributed by atoms with Crippen molar-refractivity contribution in [3.63, 3.8) is 0 Å². The Morgan fingerprint density at radius 2 is 2.14 bits per heavy atom. The molecule has 3 aliphatic rings. The van der Waals surface area contributed by atoms with E-state index in [1.165, 1.54) is 5.57 Å². The van der Waals surface area contributed by atoms with Gasteiger partial charge < -0.3 is 14.6 Å². The van der Waals surface area contributed by atoms with Gasteiger partial charge in [-0.2, -0.15) is 0 Å². The van der Waals surface area contributed by atoms with Crippen LogP contribution < -0.4 is 0 Å². The van der Waals surface area contributed by atoms with Crippen LogP contribution >= 0.6 is 0 Å². The molecule has 0 aromatic carbocycles. The maximum atomic E-state index is 12.4. The molecule has 3 rings (SSSR count). The maximum Gasteiger partial charge on any atom is 0.308 e. The SMILES string of the molecule is CC[C@H](C)C(=O)O[C@H]1CCC=C2C=C[C@H](C)[C@H](CC[C@H]3CC(=O)C[C@H](O)O3)[C@H]21. The van der Waals surface area contributed by atoms with E-state index in [9.17, 15) is 14.7 Å². The molecule has 0 amide bonds. The third kappa shape index (κ3) is 4.93. The first-order chi connectivity index (χ1) is 13.4. The number of carbonyl (C=O) groups is 2. The first-order valence-electron chi connectivity index (χ1n) is 10.8. The first-order valence-corrected chi connectivity index (χ1v) is 10.8. The van der Waals surface area contributed by atoms with Crippen LogP contribution in [0.25, 0.3) is 0 Å². The molecule has 1 heterocycles. The van der Waals surface area contributed by atoms with Crippen LogP contribution in [0.4, 0.5) is 0 Å². The van der Waals surface area contributed by atoms with Gasteiger partial charge in [-0.1, -0.05) is 39.0 Å². The van der Waals surface area contributed by atoms with E-state index in [0.717, 1.165) is 32.1 Å². The number of fused-ring (bicyclic) bond motifs is 1. The van der Waals surface area contributed by atoms with E-state index in [1.807, 2.05) is 13.8 Å². The standard InChI is InChI=1S/C23H34O5/c1-4-14(2)23(26)28-20-7-5-6-16-9-8-15(3)19(22(16)20)11-10-18-12-17(24)13-21(25)27-18/h6,8-9,14-15,18-22,25H,4-5,7,10-13H2,1-3H3/t14-,15-,18-,19-,20-,21+,22-/m0/s1. The minimum absolute atomic E-state index is 0.0685. The molecular weight excluding hydrogens is 356 g/mol. The number of ether oxygens (including phenoxy) is 2. The van der Waals surface area contributed by atoms with Gasteiger partial charge in [-0.15, -0.1) is 0 Å². The zero-order chi connectivity index (χ0) is 20.3. The van der Waals surface area contributed by atoms with Crippen LogP contribution in [0.1, 0.15) is 65.7 Å². The van der Waals surface area contributed by atoms with Crippen LogP contribution in [0.3, 0.4) is 0 Å². The Kier molecular flexibility index (Phi) is 7.10. The van der Waals surface area contributed by atoms with Crippen molar-refractivity contribution in [2.75, 3.05) is 0 Å². The van der Waals surface area contributed by atoms with E-state index < -0.39 is 6.29 Å². The summed E-state index contributed by atoms with van der Waals surface area (Å²) >= 11 is 0. The summed E-state index contributed by atoms with van der Waals surface area (Å²) in [6.07, 6.45) is 10.1. The molecule has 5 heteroatoms. The highest BCUT2D eigenvalue weighted by Crippen LogP contribution is 2.44. The van der Waals surface area contributed by atoms with Gasteiger partial charge in [0.2, 0.25) is 0 Å². The number of rotatable bonds is 6. The highest BCUT2D eigenvalue weighted by Gasteiger charge is 2.40. The van der Waals surface area contributed by atoms with Gasteiger partial charge in [0.15, 0.2) is 6.29 Å². The first kappa shape index (κ1) is 21.3. The van der Waals surface area contributed by atoms with Gasteiger partial charge in [-0.05, 0) is 49.5 Å². The lowest BCUT2D eigenvalue weighted by Crippen LogP contribution is -2.41. The predicted molar refractivity (Wildman–Crippen MR) is 106 cm³/mol. The van der Waals surface area contributed by atoms with Crippen LogP contribution in [-0.2, 0) is 19.1 Å². The number of esters is 1. The third-order valence-electron chi connectivity index (χ3n) is 6.66. The predicted octanol–water partition coefficient (Wildman–Crippen LogP) is 3.95. The van der Waals surface area contributed by atoms with Crippen molar-refractivity contribution in [1.82, 2.24) is 0 Å². The topological polar surface area (TPSA) is 72.8 Å². The van der Waals surface area contributed by atoms with Crippen molar-refractivity contribution in [2.45, 2.75) is 84.2 Å². The second kappa shape index (κ2) is 9.36. The molecule has 0 aromatic rings. The van der Waals surface area contributed by atoms with Gasteiger partial charge in [-0.25, -0.2) is 0 Å².